The highest BCUT2D eigenvalue weighted by Crippen LogP contribution is 2.20. The largest absolute Gasteiger partial charge is 0.354 e. The van der Waals surface area contributed by atoms with Gasteiger partial charge < -0.3 is 14.8 Å². The number of nitrogens with one attached hydrogen (secondary N) is 1. The summed E-state index contributed by atoms with van der Waals surface area (Å²) < 4.78 is 2.07. The van der Waals surface area contributed by atoms with Crippen molar-refractivity contribution in [2.24, 2.45) is 7.05 Å². The molecule has 2 aromatic rings. The minimum absolute atomic E-state index is 0.0788. The molecule has 1 heterocycles. The number of carbonyl (C=O) groups excluding carboxylic acids is 1. The number of hydrogen-bond donors (Lipinski definition) is 1. The van der Waals surface area contributed by atoms with Crippen LogP contribution in [0.1, 0.15) is 12.5 Å². The van der Waals surface area contributed by atoms with Crippen molar-refractivity contribution < 1.29 is 4.79 Å². The summed E-state index contributed by atoms with van der Waals surface area (Å²) in [6, 6.07) is 8.51. The predicted octanol–water partition coefficient (Wildman–Crippen LogP) is 1.79. The van der Waals surface area contributed by atoms with Crippen molar-refractivity contribution in [1.29, 1.82) is 0 Å². The lowest BCUT2D eigenvalue weighted by molar-refractivity contribution is -0.120. The lowest BCUT2D eigenvalue weighted by atomic mass is 10.1. The number of aryl methyl sites for hydroxylation is 1. The van der Waals surface area contributed by atoms with E-state index in [-0.39, 0.29) is 5.91 Å². The first kappa shape index (κ1) is 14.6. The lowest BCUT2D eigenvalue weighted by Crippen LogP contribution is -2.38. The van der Waals surface area contributed by atoms with Gasteiger partial charge in [-0.15, -0.1) is 0 Å². The van der Waals surface area contributed by atoms with Crippen LogP contribution in [-0.2, 0) is 18.3 Å². The third kappa shape index (κ3) is 3.20. The number of fused-ring (bicyclic) bond motifs is 1. The number of nitrogens with zero attached hydrogens (tertiary/aromatic N) is 2. The smallest absolute Gasteiger partial charge is 0.224 e. The summed E-state index contributed by atoms with van der Waals surface area (Å²) in [7, 11) is 6.04. The van der Waals surface area contributed by atoms with Crippen molar-refractivity contribution in [1.82, 2.24) is 14.8 Å². The molecule has 0 aliphatic rings. The zero-order valence-electron chi connectivity index (χ0n) is 12.7. The highest BCUT2D eigenvalue weighted by atomic mass is 16.1. The van der Waals surface area contributed by atoms with Gasteiger partial charge in [-0.1, -0.05) is 18.2 Å². The molecule has 1 N–H and O–H groups in total. The van der Waals surface area contributed by atoms with Crippen LogP contribution in [0.3, 0.4) is 0 Å². The Morgan fingerprint density at radius 2 is 2.05 bits per heavy atom. The summed E-state index contributed by atoms with van der Waals surface area (Å²) in [6.45, 7) is 2.77. The summed E-state index contributed by atoms with van der Waals surface area (Å²) in [5.74, 6) is 0.0788. The quantitative estimate of drug-likeness (QED) is 0.902. The molecule has 0 saturated heterocycles. The van der Waals surface area contributed by atoms with E-state index < -0.39 is 0 Å². The summed E-state index contributed by atoms with van der Waals surface area (Å²) >= 11 is 0. The number of likely N-dealkylation sites (N-methyl/N-ethyl adjacent to an activating group) is 1. The molecule has 0 spiro atoms. The average molecular weight is 273 g/mol. The highest BCUT2D eigenvalue weighted by Gasteiger charge is 2.11. The van der Waals surface area contributed by atoms with Gasteiger partial charge in [0.15, 0.2) is 0 Å². The van der Waals surface area contributed by atoms with Crippen LogP contribution in [0, 0.1) is 0 Å². The number of rotatable bonds is 5. The lowest BCUT2D eigenvalue weighted by Gasteiger charge is -2.19. The molecule has 0 fully saturated rings. The van der Waals surface area contributed by atoms with Crippen molar-refractivity contribution in [3.05, 3.63) is 36.0 Å². The van der Waals surface area contributed by atoms with Gasteiger partial charge in [0.25, 0.3) is 0 Å². The fourth-order valence-electron chi connectivity index (χ4n) is 2.25. The van der Waals surface area contributed by atoms with Crippen LogP contribution in [0.2, 0.25) is 0 Å². The van der Waals surface area contributed by atoms with E-state index in [1.807, 2.05) is 39.5 Å². The van der Waals surface area contributed by atoms with Crippen LogP contribution >= 0.6 is 0 Å². The maximum absolute atomic E-state index is 12.1. The van der Waals surface area contributed by atoms with E-state index in [0.29, 0.717) is 19.0 Å². The molecule has 1 amide bonds. The van der Waals surface area contributed by atoms with Crippen LogP contribution in [0.15, 0.2) is 30.5 Å². The molecule has 0 radical (unpaired) electrons. The Morgan fingerprint density at radius 1 is 1.35 bits per heavy atom. The molecular weight excluding hydrogens is 250 g/mol. The predicted molar refractivity (Wildman–Crippen MR) is 82.8 cm³/mol. The summed E-state index contributed by atoms with van der Waals surface area (Å²) in [5, 5.41) is 4.15. The highest BCUT2D eigenvalue weighted by molar-refractivity contribution is 5.89. The van der Waals surface area contributed by atoms with Gasteiger partial charge >= 0.3 is 0 Å². The number of carbonyl (C=O) groups is 1. The third-order valence-electron chi connectivity index (χ3n) is 3.81. The molecule has 0 unspecified atom stereocenters. The SMILES string of the molecule is C[C@@H](CNC(=O)Cc1cn(C)c2ccccc12)N(C)C. The molecule has 1 aromatic carbocycles. The first-order chi connectivity index (χ1) is 9.49. The molecule has 0 saturated carbocycles. The van der Waals surface area contributed by atoms with Crippen molar-refractivity contribution >= 4 is 16.8 Å². The second-order valence-electron chi connectivity index (χ2n) is 5.58. The van der Waals surface area contributed by atoms with Crippen LogP contribution in [0.25, 0.3) is 10.9 Å². The Labute approximate surface area is 120 Å². The monoisotopic (exact) mass is 273 g/mol. The molecule has 20 heavy (non-hydrogen) atoms. The van der Waals surface area contributed by atoms with Gasteiger partial charge in [-0.2, -0.15) is 0 Å². The Hall–Kier alpha value is -1.81. The van der Waals surface area contributed by atoms with Crippen LogP contribution in [-0.4, -0.2) is 42.1 Å². The molecule has 0 aliphatic carbocycles. The van der Waals surface area contributed by atoms with Gasteiger partial charge in [0, 0.05) is 36.7 Å². The molecule has 1 atom stereocenters. The number of benzene rings is 1. The summed E-state index contributed by atoms with van der Waals surface area (Å²) in [5.41, 5.74) is 2.25. The van der Waals surface area contributed by atoms with E-state index in [1.165, 1.54) is 0 Å². The topological polar surface area (TPSA) is 37.3 Å². The number of hydrogen-bond acceptors (Lipinski definition) is 2. The van der Waals surface area contributed by atoms with Gasteiger partial charge in [0.1, 0.15) is 0 Å². The molecule has 4 heteroatoms. The van der Waals surface area contributed by atoms with E-state index >= 15 is 0 Å². The van der Waals surface area contributed by atoms with Gasteiger partial charge in [-0.3, -0.25) is 4.79 Å². The van der Waals surface area contributed by atoms with Crippen molar-refractivity contribution in [2.75, 3.05) is 20.6 Å². The maximum Gasteiger partial charge on any atom is 0.224 e. The van der Waals surface area contributed by atoms with Crippen molar-refractivity contribution in [2.45, 2.75) is 19.4 Å². The first-order valence-electron chi connectivity index (χ1n) is 6.95. The summed E-state index contributed by atoms with van der Waals surface area (Å²) in [4.78, 5) is 14.1. The number of amides is 1. The molecule has 0 bridgehead atoms. The number of para-hydroxylation sites is 1. The first-order valence-corrected chi connectivity index (χ1v) is 6.95. The normalized spacial score (nSPS) is 12.8. The van der Waals surface area contributed by atoms with E-state index in [1.54, 1.807) is 0 Å². The molecule has 2 rings (SSSR count). The Kier molecular flexibility index (Phi) is 4.45. The zero-order chi connectivity index (χ0) is 14.7. The fraction of sp³-hybridized carbons (Fsp3) is 0.438. The van der Waals surface area contributed by atoms with Gasteiger partial charge in [-0.25, -0.2) is 0 Å². The minimum Gasteiger partial charge on any atom is -0.354 e. The van der Waals surface area contributed by atoms with Crippen LogP contribution < -0.4 is 5.32 Å². The van der Waals surface area contributed by atoms with E-state index in [9.17, 15) is 4.79 Å². The average Bonchev–Trinajstić information content (AvgIpc) is 2.73. The van der Waals surface area contributed by atoms with Crippen molar-refractivity contribution in [3.63, 3.8) is 0 Å². The van der Waals surface area contributed by atoms with Gasteiger partial charge in [0.05, 0.1) is 6.42 Å². The maximum atomic E-state index is 12.1. The molecular formula is C16H23N3O. The number of aromatic nitrogens is 1. The summed E-state index contributed by atoms with van der Waals surface area (Å²) in [6.07, 6.45) is 2.47. The second kappa shape index (κ2) is 6.09. The fourth-order valence-corrected chi connectivity index (χ4v) is 2.25. The van der Waals surface area contributed by atoms with E-state index in [4.69, 9.17) is 0 Å². The minimum atomic E-state index is 0.0788. The molecule has 0 aliphatic heterocycles. The third-order valence-corrected chi connectivity index (χ3v) is 3.81. The molecule has 1 aromatic heterocycles. The Balaban J connectivity index is 2.03. The standard InChI is InChI=1S/C16H23N3O/c1-12(18(2)3)10-17-16(20)9-13-11-19(4)15-8-6-5-7-14(13)15/h5-8,11-12H,9-10H2,1-4H3,(H,17,20)/t12-/m0/s1. The van der Waals surface area contributed by atoms with Crippen LogP contribution in [0.5, 0.6) is 0 Å². The Bertz CT molecular complexity index is 601. The molecule has 4 nitrogen and oxygen atoms in total. The van der Waals surface area contributed by atoms with Gasteiger partial charge in [0.2, 0.25) is 5.91 Å². The van der Waals surface area contributed by atoms with Crippen LogP contribution in [0.4, 0.5) is 0 Å². The van der Waals surface area contributed by atoms with Crippen molar-refractivity contribution in [3.8, 4) is 0 Å². The zero-order valence-corrected chi connectivity index (χ0v) is 12.7. The van der Waals surface area contributed by atoms with E-state index in [0.717, 1.165) is 16.5 Å². The Morgan fingerprint density at radius 3 is 2.75 bits per heavy atom. The molecule has 108 valence electrons. The van der Waals surface area contributed by atoms with Gasteiger partial charge in [-0.05, 0) is 32.6 Å². The second-order valence-corrected chi connectivity index (χ2v) is 5.58. The van der Waals surface area contributed by atoms with E-state index in [2.05, 4.69) is 33.8 Å².